The summed E-state index contributed by atoms with van der Waals surface area (Å²) >= 11 is 7.63. The van der Waals surface area contributed by atoms with Gasteiger partial charge in [0.25, 0.3) is 11.5 Å². The van der Waals surface area contributed by atoms with Crippen molar-refractivity contribution in [2.24, 2.45) is 0 Å². The Kier molecular flexibility index (Phi) is 6.81. The molecule has 0 bridgehead atoms. The first-order chi connectivity index (χ1) is 17.0. The largest absolute Gasteiger partial charge is 0.484 e. The van der Waals surface area contributed by atoms with Crippen LogP contribution in [-0.2, 0) is 11.3 Å². The van der Waals surface area contributed by atoms with E-state index < -0.39 is 0 Å². The highest BCUT2D eigenvalue weighted by atomic mass is 35.5. The van der Waals surface area contributed by atoms with Crippen LogP contribution < -0.4 is 10.3 Å². The number of carbonyl (C=O) groups excluding carboxylic acids is 1. The number of hydrogen-bond acceptors (Lipinski definition) is 7. The van der Waals surface area contributed by atoms with Gasteiger partial charge in [0.15, 0.2) is 6.61 Å². The third-order valence-electron chi connectivity index (χ3n) is 5.90. The minimum atomic E-state index is -0.221. The zero-order chi connectivity index (χ0) is 24.4. The van der Waals surface area contributed by atoms with Crippen molar-refractivity contribution in [3.8, 4) is 16.3 Å². The zero-order valence-electron chi connectivity index (χ0n) is 19.2. The molecule has 0 radical (unpaired) electrons. The Morgan fingerprint density at radius 2 is 1.83 bits per heavy atom. The van der Waals surface area contributed by atoms with Gasteiger partial charge in [-0.3, -0.25) is 14.5 Å². The minimum Gasteiger partial charge on any atom is -0.484 e. The Hall–Kier alpha value is -3.27. The third-order valence-corrected chi connectivity index (χ3v) is 7.17. The van der Waals surface area contributed by atoms with E-state index in [1.807, 2.05) is 54.3 Å². The van der Waals surface area contributed by atoms with Crippen LogP contribution in [0.5, 0.6) is 5.75 Å². The number of aryl methyl sites for hydroxylation is 1. The molecule has 0 saturated carbocycles. The molecule has 0 N–H and O–H groups in total. The van der Waals surface area contributed by atoms with Gasteiger partial charge in [-0.05, 0) is 25.1 Å². The number of amides is 1. The Labute approximate surface area is 211 Å². The maximum absolute atomic E-state index is 12.7. The van der Waals surface area contributed by atoms with Crippen LogP contribution in [0.1, 0.15) is 11.3 Å². The maximum atomic E-state index is 12.7. The predicted octanol–water partition coefficient (Wildman–Crippen LogP) is 3.50. The lowest BCUT2D eigenvalue weighted by Crippen LogP contribution is -2.49. The number of ether oxygens (including phenoxy) is 1. The number of halogens is 1. The van der Waals surface area contributed by atoms with E-state index in [4.69, 9.17) is 16.3 Å². The lowest BCUT2D eigenvalue weighted by molar-refractivity contribution is -0.135. The summed E-state index contributed by atoms with van der Waals surface area (Å²) in [5.74, 6) is 0.663. The number of aromatic nitrogens is 3. The van der Waals surface area contributed by atoms with Crippen molar-refractivity contribution in [1.29, 1.82) is 0 Å². The molecule has 4 aromatic rings. The molecule has 1 aliphatic heterocycles. The second-order valence-corrected chi connectivity index (χ2v) is 9.79. The van der Waals surface area contributed by atoms with Gasteiger partial charge < -0.3 is 9.64 Å². The first kappa shape index (κ1) is 23.5. The summed E-state index contributed by atoms with van der Waals surface area (Å²) in [6.45, 7) is 5.18. The van der Waals surface area contributed by atoms with E-state index in [1.165, 1.54) is 21.9 Å². The highest BCUT2D eigenvalue weighted by Crippen LogP contribution is 2.30. The van der Waals surface area contributed by atoms with E-state index in [-0.39, 0.29) is 18.1 Å². The molecule has 1 aliphatic rings. The molecule has 0 aliphatic carbocycles. The molecule has 1 saturated heterocycles. The van der Waals surface area contributed by atoms with E-state index in [2.05, 4.69) is 15.0 Å². The Bertz CT molecular complexity index is 1410. The van der Waals surface area contributed by atoms with Gasteiger partial charge in [-0.25, -0.2) is 4.98 Å². The molecule has 10 heteroatoms. The molecule has 35 heavy (non-hydrogen) atoms. The monoisotopic (exact) mass is 509 g/mol. The van der Waals surface area contributed by atoms with Crippen LogP contribution in [0.25, 0.3) is 15.5 Å². The number of fused-ring (bicyclic) bond motifs is 1. The summed E-state index contributed by atoms with van der Waals surface area (Å²) in [6, 6.07) is 16.6. The van der Waals surface area contributed by atoms with E-state index in [0.29, 0.717) is 59.2 Å². The quantitative estimate of drug-likeness (QED) is 0.396. The number of carbonyl (C=O) groups is 1. The second kappa shape index (κ2) is 10.2. The van der Waals surface area contributed by atoms with Crippen LogP contribution in [-0.4, -0.2) is 63.1 Å². The smallest absolute Gasteiger partial charge is 0.275 e. The molecule has 0 spiro atoms. The zero-order valence-corrected chi connectivity index (χ0v) is 20.8. The first-order valence-electron chi connectivity index (χ1n) is 11.3. The highest BCUT2D eigenvalue weighted by molar-refractivity contribution is 7.19. The summed E-state index contributed by atoms with van der Waals surface area (Å²) in [5, 5.41) is 5.64. The number of piperazine rings is 1. The van der Waals surface area contributed by atoms with E-state index in [9.17, 15) is 9.59 Å². The molecule has 180 valence electrons. The molecule has 0 atom stereocenters. The van der Waals surface area contributed by atoms with Gasteiger partial charge in [-0.1, -0.05) is 58.8 Å². The number of nitrogens with zero attached hydrogens (tertiary/aromatic N) is 5. The number of benzene rings is 2. The van der Waals surface area contributed by atoms with Crippen molar-refractivity contribution in [3.63, 3.8) is 0 Å². The van der Waals surface area contributed by atoms with Crippen LogP contribution in [0.2, 0.25) is 5.02 Å². The van der Waals surface area contributed by atoms with Gasteiger partial charge >= 0.3 is 0 Å². The Morgan fingerprint density at radius 1 is 1.09 bits per heavy atom. The van der Waals surface area contributed by atoms with Crippen molar-refractivity contribution < 1.29 is 9.53 Å². The third kappa shape index (κ3) is 5.37. The van der Waals surface area contributed by atoms with Crippen LogP contribution in [0.3, 0.4) is 0 Å². The Morgan fingerprint density at radius 3 is 2.57 bits per heavy atom. The fourth-order valence-electron chi connectivity index (χ4n) is 3.94. The van der Waals surface area contributed by atoms with Crippen LogP contribution in [0.15, 0.2) is 59.4 Å². The van der Waals surface area contributed by atoms with Crippen LogP contribution in [0, 0.1) is 6.92 Å². The van der Waals surface area contributed by atoms with Crippen LogP contribution in [0.4, 0.5) is 0 Å². The average Bonchev–Trinajstić information content (AvgIpc) is 3.29. The van der Waals surface area contributed by atoms with Gasteiger partial charge in [0.2, 0.25) is 4.96 Å². The fourth-order valence-corrected chi connectivity index (χ4v) is 5.18. The van der Waals surface area contributed by atoms with E-state index in [1.54, 1.807) is 6.07 Å². The van der Waals surface area contributed by atoms with Gasteiger partial charge in [0.05, 0.1) is 10.7 Å². The first-order valence-corrected chi connectivity index (χ1v) is 12.5. The summed E-state index contributed by atoms with van der Waals surface area (Å²) in [4.78, 5) is 34.4. The minimum absolute atomic E-state index is 0.0250. The summed E-state index contributed by atoms with van der Waals surface area (Å²) in [6.07, 6.45) is 0. The van der Waals surface area contributed by atoms with Crippen molar-refractivity contribution in [2.75, 3.05) is 32.8 Å². The van der Waals surface area contributed by atoms with E-state index in [0.717, 1.165) is 11.1 Å². The van der Waals surface area contributed by atoms with Crippen molar-refractivity contribution in [1.82, 2.24) is 24.4 Å². The van der Waals surface area contributed by atoms with Gasteiger partial charge in [0, 0.05) is 44.4 Å². The molecule has 0 unspecified atom stereocenters. The average molecular weight is 510 g/mol. The highest BCUT2D eigenvalue weighted by Gasteiger charge is 2.22. The molecule has 3 heterocycles. The fraction of sp³-hybridized carbons (Fsp3) is 0.280. The van der Waals surface area contributed by atoms with E-state index >= 15 is 0 Å². The SMILES string of the molecule is Cc1ccc(OCC(=O)N2CCN(Cc3cc(=O)n4nc(-c5ccccc5Cl)sc4n3)CC2)cc1. The maximum Gasteiger partial charge on any atom is 0.275 e. The molecule has 1 fully saturated rings. The molecular formula is C25H24ClN5O3S. The molecular weight excluding hydrogens is 486 g/mol. The van der Waals surface area contributed by atoms with Crippen molar-refractivity contribution in [2.45, 2.75) is 13.5 Å². The second-order valence-electron chi connectivity index (χ2n) is 8.43. The topological polar surface area (TPSA) is 80.0 Å². The standard InChI is InChI=1S/C25H24ClN5O3S/c1-17-6-8-19(9-7-17)34-16-23(33)30-12-10-29(11-13-30)15-18-14-22(32)31-25(27-18)35-24(28-31)20-4-2-3-5-21(20)26/h2-9,14H,10-13,15-16H2,1H3. The van der Waals surface area contributed by atoms with Crippen LogP contribution >= 0.6 is 22.9 Å². The molecule has 8 nitrogen and oxygen atoms in total. The summed E-state index contributed by atoms with van der Waals surface area (Å²) in [7, 11) is 0. The van der Waals surface area contributed by atoms with Gasteiger partial charge in [-0.2, -0.15) is 9.61 Å². The number of hydrogen-bond donors (Lipinski definition) is 0. The lowest BCUT2D eigenvalue weighted by atomic mass is 10.2. The number of rotatable bonds is 6. The summed E-state index contributed by atoms with van der Waals surface area (Å²) in [5.41, 5.74) is 2.39. The molecule has 1 amide bonds. The lowest BCUT2D eigenvalue weighted by Gasteiger charge is -2.34. The summed E-state index contributed by atoms with van der Waals surface area (Å²) < 4.78 is 6.95. The predicted molar refractivity (Wildman–Crippen MR) is 136 cm³/mol. The van der Waals surface area contributed by atoms with Crippen molar-refractivity contribution in [3.05, 3.63) is 81.2 Å². The molecule has 2 aromatic heterocycles. The Balaban J connectivity index is 1.19. The molecule has 2 aromatic carbocycles. The van der Waals surface area contributed by atoms with Crippen molar-refractivity contribution >= 4 is 33.8 Å². The van der Waals surface area contributed by atoms with Gasteiger partial charge in [-0.15, -0.1) is 0 Å². The molecule has 5 rings (SSSR count). The van der Waals surface area contributed by atoms with Gasteiger partial charge in [0.1, 0.15) is 10.8 Å². The normalized spacial score (nSPS) is 14.4.